The van der Waals surface area contributed by atoms with Crippen molar-refractivity contribution in [1.29, 1.82) is 0 Å². The van der Waals surface area contributed by atoms with Crippen molar-refractivity contribution in [3.05, 3.63) is 28.8 Å². The number of rotatable bonds is 6. The average Bonchev–Trinajstić information content (AvgIpc) is 2.34. The summed E-state index contributed by atoms with van der Waals surface area (Å²) in [5.74, 6) is 0.995. The van der Waals surface area contributed by atoms with Crippen molar-refractivity contribution in [2.75, 3.05) is 13.2 Å². The molecule has 0 aliphatic carbocycles. The Hall–Kier alpha value is -1.02. The molecule has 0 radical (unpaired) electrons. The second-order valence-electron chi connectivity index (χ2n) is 5.38. The first-order valence-electron chi connectivity index (χ1n) is 6.93. The van der Waals surface area contributed by atoms with Crippen LogP contribution in [0.15, 0.2) is 12.1 Å². The second kappa shape index (κ2) is 6.24. The molecule has 0 aliphatic heterocycles. The third-order valence-electron chi connectivity index (χ3n) is 3.72. The van der Waals surface area contributed by atoms with E-state index in [1.54, 1.807) is 0 Å². The summed E-state index contributed by atoms with van der Waals surface area (Å²) in [7, 11) is 0. The standard InChI is InChI=1S/C16H27NO/c1-6-8-16(5,11-17)14-9-13(4)15(18-7-2)10-12(14)3/h9-10H,6-8,11,17H2,1-5H3. The monoisotopic (exact) mass is 249 g/mol. The number of nitrogens with two attached hydrogens (primary N) is 1. The van der Waals surface area contributed by atoms with Crippen molar-refractivity contribution >= 4 is 0 Å². The van der Waals surface area contributed by atoms with Crippen molar-refractivity contribution in [3.63, 3.8) is 0 Å². The van der Waals surface area contributed by atoms with Crippen LogP contribution in [0.5, 0.6) is 5.75 Å². The number of aryl methyl sites for hydroxylation is 2. The predicted molar refractivity (Wildman–Crippen MR) is 78.4 cm³/mol. The van der Waals surface area contributed by atoms with E-state index in [0.717, 1.165) is 18.6 Å². The van der Waals surface area contributed by atoms with Crippen LogP contribution < -0.4 is 10.5 Å². The third-order valence-corrected chi connectivity index (χ3v) is 3.72. The molecule has 0 saturated carbocycles. The molecule has 0 fully saturated rings. The molecule has 1 unspecified atom stereocenters. The number of hydrogen-bond acceptors (Lipinski definition) is 2. The summed E-state index contributed by atoms with van der Waals surface area (Å²) in [5.41, 5.74) is 9.94. The van der Waals surface area contributed by atoms with Gasteiger partial charge in [-0.3, -0.25) is 0 Å². The highest BCUT2D eigenvalue weighted by atomic mass is 16.5. The van der Waals surface area contributed by atoms with Crippen molar-refractivity contribution in [2.24, 2.45) is 5.73 Å². The summed E-state index contributed by atoms with van der Waals surface area (Å²) in [6.07, 6.45) is 2.27. The smallest absolute Gasteiger partial charge is 0.122 e. The van der Waals surface area contributed by atoms with Crippen LogP contribution in [0, 0.1) is 13.8 Å². The minimum atomic E-state index is 0.0777. The SMILES string of the molecule is CCCC(C)(CN)c1cc(C)c(OCC)cc1C. The number of hydrogen-bond donors (Lipinski definition) is 1. The first-order valence-corrected chi connectivity index (χ1v) is 6.93. The zero-order valence-corrected chi connectivity index (χ0v) is 12.5. The Morgan fingerprint density at radius 2 is 1.83 bits per heavy atom. The summed E-state index contributed by atoms with van der Waals surface area (Å²) < 4.78 is 5.65. The van der Waals surface area contributed by atoms with Gasteiger partial charge in [0.05, 0.1) is 6.61 Å². The molecule has 0 bridgehead atoms. The summed E-state index contributed by atoms with van der Waals surface area (Å²) >= 11 is 0. The molecule has 1 aromatic rings. The molecular formula is C16H27NO. The molecule has 18 heavy (non-hydrogen) atoms. The zero-order valence-electron chi connectivity index (χ0n) is 12.5. The van der Waals surface area contributed by atoms with Crippen LogP contribution in [0.1, 0.15) is 50.3 Å². The van der Waals surface area contributed by atoms with Crippen LogP contribution >= 0.6 is 0 Å². The van der Waals surface area contributed by atoms with Crippen LogP contribution in [0.3, 0.4) is 0 Å². The van der Waals surface area contributed by atoms with E-state index in [4.69, 9.17) is 10.5 Å². The molecule has 0 aliphatic rings. The molecule has 1 rings (SSSR count). The van der Waals surface area contributed by atoms with E-state index in [9.17, 15) is 0 Å². The Labute approximate surface area is 112 Å². The lowest BCUT2D eigenvalue weighted by molar-refractivity contribution is 0.337. The molecule has 2 nitrogen and oxygen atoms in total. The lowest BCUT2D eigenvalue weighted by atomic mass is 9.76. The van der Waals surface area contributed by atoms with Gasteiger partial charge in [0.15, 0.2) is 0 Å². The van der Waals surface area contributed by atoms with E-state index in [-0.39, 0.29) is 5.41 Å². The Balaban J connectivity index is 3.21. The highest BCUT2D eigenvalue weighted by molar-refractivity contribution is 5.45. The zero-order chi connectivity index (χ0) is 13.8. The molecule has 1 aromatic carbocycles. The highest BCUT2D eigenvalue weighted by Crippen LogP contribution is 2.34. The molecule has 0 amide bonds. The normalized spacial score (nSPS) is 14.3. The Morgan fingerprint density at radius 1 is 1.17 bits per heavy atom. The van der Waals surface area contributed by atoms with Gasteiger partial charge in [0, 0.05) is 12.0 Å². The fourth-order valence-electron chi connectivity index (χ4n) is 2.65. The molecular weight excluding hydrogens is 222 g/mol. The lowest BCUT2D eigenvalue weighted by Crippen LogP contribution is -2.32. The van der Waals surface area contributed by atoms with E-state index < -0.39 is 0 Å². The highest BCUT2D eigenvalue weighted by Gasteiger charge is 2.26. The van der Waals surface area contributed by atoms with Gasteiger partial charge >= 0.3 is 0 Å². The molecule has 2 N–H and O–H groups in total. The predicted octanol–water partition coefficient (Wildman–Crippen LogP) is 3.72. The van der Waals surface area contributed by atoms with Crippen molar-refractivity contribution in [3.8, 4) is 5.75 Å². The van der Waals surface area contributed by atoms with E-state index in [1.807, 2.05) is 6.92 Å². The van der Waals surface area contributed by atoms with Gasteiger partial charge < -0.3 is 10.5 Å². The molecule has 0 spiro atoms. The number of ether oxygens (including phenoxy) is 1. The first kappa shape index (κ1) is 15.0. The van der Waals surface area contributed by atoms with Gasteiger partial charge in [-0.15, -0.1) is 0 Å². The van der Waals surface area contributed by atoms with E-state index >= 15 is 0 Å². The molecule has 0 aromatic heterocycles. The summed E-state index contributed by atoms with van der Waals surface area (Å²) in [4.78, 5) is 0. The van der Waals surface area contributed by atoms with Crippen LogP contribution in [0.25, 0.3) is 0 Å². The van der Waals surface area contributed by atoms with Crippen LogP contribution in [0.2, 0.25) is 0 Å². The third kappa shape index (κ3) is 3.05. The van der Waals surface area contributed by atoms with Gasteiger partial charge in [-0.25, -0.2) is 0 Å². The van der Waals surface area contributed by atoms with Crippen LogP contribution in [-0.2, 0) is 5.41 Å². The van der Waals surface area contributed by atoms with Gasteiger partial charge in [0.1, 0.15) is 5.75 Å². The molecule has 1 atom stereocenters. The number of benzene rings is 1. The lowest BCUT2D eigenvalue weighted by Gasteiger charge is -2.31. The Morgan fingerprint density at radius 3 is 2.33 bits per heavy atom. The summed E-state index contributed by atoms with van der Waals surface area (Å²) in [6, 6.07) is 4.40. The van der Waals surface area contributed by atoms with Gasteiger partial charge in [-0.1, -0.05) is 26.3 Å². The Bertz CT molecular complexity index is 400. The van der Waals surface area contributed by atoms with Gasteiger partial charge in [-0.05, 0) is 49.9 Å². The minimum Gasteiger partial charge on any atom is -0.494 e. The maximum Gasteiger partial charge on any atom is 0.122 e. The molecule has 0 saturated heterocycles. The minimum absolute atomic E-state index is 0.0777. The maximum absolute atomic E-state index is 6.01. The van der Waals surface area contributed by atoms with E-state index in [2.05, 4.69) is 39.8 Å². The fraction of sp³-hybridized carbons (Fsp3) is 0.625. The van der Waals surface area contributed by atoms with E-state index in [0.29, 0.717) is 13.2 Å². The van der Waals surface area contributed by atoms with Gasteiger partial charge in [0.2, 0.25) is 0 Å². The topological polar surface area (TPSA) is 35.2 Å². The summed E-state index contributed by atoms with van der Waals surface area (Å²) in [6.45, 7) is 12.2. The first-order chi connectivity index (χ1) is 8.48. The van der Waals surface area contributed by atoms with Crippen molar-refractivity contribution in [1.82, 2.24) is 0 Å². The maximum atomic E-state index is 6.01. The van der Waals surface area contributed by atoms with Crippen LogP contribution in [0.4, 0.5) is 0 Å². The van der Waals surface area contributed by atoms with Gasteiger partial charge in [-0.2, -0.15) is 0 Å². The fourth-order valence-corrected chi connectivity index (χ4v) is 2.65. The van der Waals surface area contributed by atoms with Crippen LogP contribution in [-0.4, -0.2) is 13.2 Å². The van der Waals surface area contributed by atoms with E-state index in [1.165, 1.54) is 16.7 Å². The second-order valence-corrected chi connectivity index (χ2v) is 5.38. The van der Waals surface area contributed by atoms with Crippen molar-refractivity contribution in [2.45, 2.75) is 52.9 Å². The molecule has 2 heteroatoms. The Kier molecular flexibility index (Phi) is 5.21. The molecule has 102 valence electrons. The quantitative estimate of drug-likeness (QED) is 0.834. The van der Waals surface area contributed by atoms with Gasteiger partial charge in [0.25, 0.3) is 0 Å². The summed E-state index contributed by atoms with van der Waals surface area (Å²) in [5, 5.41) is 0. The molecule has 0 heterocycles. The average molecular weight is 249 g/mol. The van der Waals surface area contributed by atoms with Crippen molar-refractivity contribution < 1.29 is 4.74 Å². The largest absolute Gasteiger partial charge is 0.494 e.